The van der Waals surface area contributed by atoms with Gasteiger partial charge in [-0.25, -0.2) is 13.1 Å². The maximum absolute atomic E-state index is 12.4. The van der Waals surface area contributed by atoms with Gasteiger partial charge in [-0.15, -0.1) is 0 Å². The quantitative estimate of drug-likeness (QED) is 0.703. The monoisotopic (exact) mass is 406 g/mol. The molecule has 2 N–H and O–H groups in total. The first-order valence-electron chi connectivity index (χ1n) is 8.82. The number of ether oxygens (including phenoxy) is 2. The van der Waals surface area contributed by atoms with Crippen LogP contribution in [0.5, 0.6) is 11.5 Å². The van der Waals surface area contributed by atoms with E-state index in [1.54, 1.807) is 13.8 Å². The number of sulfonamides is 1. The van der Waals surface area contributed by atoms with E-state index in [0.717, 1.165) is 11.1 Å². The first-order chi connectivity index (χ1) is 13.1. The number of rotatable bonds is 8. The molecule has 152 valence electrons. The molecule has 0 atom stereocenters. The summed E-state index contributed by atoms with van der Waals surface area (Å²) in [6.45, 7) is 7.14. The van der Waals surface area contributed by atoms with Crippen LogP contribution < -0.4 is 19.5 Å². The highest BCUT2D eigenvalue weighted by Crippen LogP contribution is 2.27. The third-order valence-electron chi connectivity index (χ3n) is 3.71. The fourth-order valence-corrected chi connectivity index (χ4v) is 3.96. The molecule has 0 heterocycles. The van der Waals surface area contributed by atoms with Crippen LogP contribution in [-0.4, -0.2) is 34.1 Å². The summed E-state index contributed by atoms with van der Waals surface area (Å²) in [4.78, 5) is 12.3. The van der Waals surface area contributed by atoms with Crippen molar-refractivity contribution in [1.29, 1.82) is 0 Å². The molecule has 28 heavy (non-hydrogen) atoms. The lowest BCUT2D eigenvalue weighted by Gasteiger charge is -2.14. The Balaban J connectivity index is 2.15. The zero-order valence-electron chi connectivity index (χ0n) is 16.7. The average molecular weight is 407 g/mol. The molecule has 7 nitrogen and oxygen atoms in total. The Morgan fingerprint density at radius 2 is 1.71 bits per heavy atom. The van der Waals surface area contributed by atoms with Gasteiger partial charge in [0.05, 0.1) is 17.7 Å². The van der Waals surface area contributed by atoms with E-state index >= 15 is 0 Å². The van der Waals surface area contributed by atoms with Gasteiger partial charge in [-0.1, -0.05) is 6.07 Å². The average Bonchev–Trinajstić information content (AvgIpc) is 2.58. The third-order valence-corrected chi connectivity index (χ3v) is 5.37. The molecule has 2 aromatic carbocycles. The van der Waals surface area contributed by atoms with Gasteiger partial charge in [0.25, 0.3) is 5.91 Å². The second-order valence-electron chi connectivity index (χ2n) is 6.80. The van der Waals surface area contributed by atoms with Gasteiger partial charge in [-0.2, -0.15) is 0 Å². The van der Waals surface area contributed by atoms with Crippen molar-refractivity contribution in [2.24, 2.45) is 0 Å². The highest BCUT2D eigenvalue weighted by atomic mass is 32.2. The van der Waals surface area contributed by atoms with E-state index in [1.807, 2.05) is 32.0 Å². The van der Waals surface area contributed by atoms with E-state index in [0.29, 0.717) is 11.5 Å². The van der Waals surface area contributed by atoms with E-state index in [1.165, 1.54) is 25.3 Å². The molecule has 0 saturated heterocycles. The lowest BCUT2D eigenvalue weighted by Crippen LogP contribution is -2.30. The van der Waals surface area contributed by atoms with Crippen molar-refractivity contribution in [2.45, 2.75) is 38.6 Å². The van der Waals surface area contributed by atoms with Gasteiger partial charge in [0.2, 0.25) is 10.0 Å². The lowest BCUT2D eigenvalue weighted by atomic mass is 10.1. The van der Waals surface area contributed by atoms with Crippen molar-refractivity contribution in [1.82, 2.24) is 4.72 Å². The molecule has 2 rings (SSSR count). The summed E-state index contributed by atoms with van der Waals surface area (Å²) in [5, 5.41) is 2.65. The van der Waals surface area contributed by atoms with E-state index in [-0.39, 0.29) is 23.2 Å². The summed E-state index contributed by atoms with van der Waals surface area (Å²) in [6, 6.07) is 9.71. The SMILES string of the molecule is COc1ccc(S(=O)(=O)NC(C)C)cc1NC(=O)COc1cc(C)cc(C)c1. The minimum atomic E-state index is -3.70. The van der Waals surface area contributed by atoms with Crippen molar-refractivity contribution >= 4 is 21.6 Å². The highest BCUT2D eigenvalue weighted by Gasteiger charge is 2.18. The van der Waals surface area contributed by atoms with Crippen molar-refractivity contribution in [3.63, 3.8) is 0 Å². The minimum absolute atomic E-state index is 0.0347. The largest absolute Gasteiger partial charge is 0.495 e. The molecule has 2 aromatic rings. The third kappa shape index (κ3) is 5.97. The van der Waals surface area contributed by atoms with Gasteiger partial charge < -0.3 is 14.8 Å². The molecule has 1 amide bonds. The van der Waals surface area contributed by atoms with E-state index in [2.05, 4.69) is 10.0 Å². The standard InChI is InChI=1S/C20H26N2O5S/c1-13(2)22-28(24,25)17-6-7-19(26-5)18(11-17)21-20(23)12-27-16-9-14(3)8-15(4)10-16/h6-11,13,22H,12H2,1-5H3,(H,21,23). The van der Waals surface area contributed by atoms with Crippen molar-refractivity contribution in [3.05, 3.63) is 47.5 Å². The maximum Gasteiger partial charge on any atom is 0.262 e. The number of anilines is 1. The van der Waals surface area contributed by atoms with Crippen LogP contribution in [0.3, 0.4) is 0 Å². The number of benzene rings is 2. The van der Waals surface area contributed by atoms with Crippen LogP contribution in [0, 0.1) is 13.8 Å². The number of carbonyl (C=O) groups excluding carboxylic acids is 1. The Hall–Kier alpha value is -2.58. The molecule has 0 aliphatic carbocycles. The molecule has 0 bridgehead atoms. The molecule has 0 aliphatic rings. The summed E-state index contributed by atoms with van der Waals surface area (Å²) < 4.78 is 38.0. The zero-order chi connectivity index (χ0) is 20.9. The van der Waals surface area contributed by atoms with Crippen LogP contribution in [0.4, 0.5) is 5.69 Å². The van der Waals surface area contributed by atoms with Gasteiger partial charge in [0, 0.05) is 6.04 Å². The van der Waals surface area contributed by atoms with Crippen LogP contribution in [0.25, 0.3) is 0 Å². The van der Waals surface area contributed by atoms with Gasteiger partial charge in [0.15, 0.2) is 6.61 Å². The Bertz CT molecular complexity index is 935. The minimum Gasteiger partial charge on any atom is -0.495 e. The molecule has 8 heteroatoms. The Morgan fingerprint density at radius 1 is 1.07 bits per heavy atom. The summed E-state index contributed by atoms with van der Waals surface area (Å²) in [7, 11) is -2.25. The molecule has 0 radical (unpaired) electrons. The number of hydrogen-bond acceptors (Lipinski definition) is 5. The fourth-order valence-electron chi connectivity index (χ4n) is 2.68. The summed E-state index contributed by atoms with van der Waals surface area (Å²) in [5.41, 5.74) is 2.32. The van der Waals surface area contributed by atoms with Crippen molar-refractivity contribution < 1.29 is 22.7 Å². The number of hydrogen-bond donors (Lipinski definition) is 2. The first-order valence-corrected chi connectivity index (χ1v) is 10.3. The Labute approximate surface area is 166 Å². The van der Waals surface area contributed by atoms with Crippen LogP contribution in [0.2, 0.25) is 0 Å². The number of aryl methyl sites for hydroxylation is 2. The molecular formula is C20H26N2O5S. The summed E-state index contributed by atoms with van der Waals surface area (Å²) in [5.74, 6) is 0.518. The highest BCUT2D eigenvalue weighted by molar-refractivity contribution is 7.89. The van der Waals surface area contributed by atoms with E-state index < -0.39 is 15.9 Å². The number of amides is 1. The second kappa shape index (κ2) is 9.07. The molecule has 0 aliphatic heterocycles. The van der Waals surface area contributed by atoms with Crippen LogP contribution in [0.15, 0.2) is 41.3 Å². The summed E-state index contributed by atoms with van der Waals surface area (Å²) >= 11 is 0. The Kier molecular flexibility index (Phi) is 7.04. The van der Waals surface area contributed by atoms with Crippen molar-refractivity contribution in [3.8, 4) is 11.5 Å². The summed E-state index contributed by atoms with van der Waals surface area (Å²) in [6.07, 6.45) is 0. The van der Waals surface area contributed by atoms with Crippen molar-refractivity contribution in [2.75, 3.05) is 19.0 Å². The van der Waals surface area contributed by atoms with Crippen LogP contribution in [0.1, 0.15) is 25.0 Å². The molecule has 0 fully saturated rings. The molecule has 0 saturated carbocycles. The zero-order valence-corrected chi connectivity index (χ0v) is 17.5. The number of methoxy groups -OCH3 is 1. The van der Waals surface area contributed by atoms with Crippen LogP contribution in [-0.2, 0) is 14.8 Å². The fraction of sp³-hybridized carbons (Fsp3) is 0.350. The molecule has 0 aromatic heterocycles. The number of carbonyl (C=O) groups is 1. The molecule has 0 spiro atoms. The second-order valence-corrected chi connectivity index (χ2v) is 8.51. The topological polar surface area (TPSA) is 93.7 Å². The van der Waals surface area contributed by atoms with Gasteiger partial charge in [0.1, 0.15) is 11.5 Å². The van der Waals surface area contributed by atoms with E-state index in [9.17, 15) is 13.2 Å². The maximum atomic E-state index is 12.4. The van der Waals surface area contributed by atoms with E-state index in [4.69, 9.17) is 9.47 Å². The van der Waals surface area contributed by atoms with Gasteiger partial charge in [-0.05, 0) is 69.2 Å². The molecule has 0 unspecified atom stereocenters. The van der Waals surface area contributed by atoms with Gasteiger partial charge in [-0.3, -0.25) is 4.79 Å². The first kappa shape index (κ1) is 21.7. The molecular weight excluding hydrogens is 380 g/mol. The number of nitrogens with one attached hydrogen (secondary N) is 2. The van der Waals surface area contributed by atoms with Crippen LogP contribution >= 0.6 is 0 Å². The smallest absolute Gasteiger partial charge is 0.262 e. The lowest BCUT2D eigenvalue weighted by molar-refractivity contribution is -0.118. The predicted octanol–water partition coefficient (Wildman–Crippen LogP) is 3.02. The predicted molar refractivity (Wildman–Crippen MR) is 108 cm³/mol. The normalized spacial score (nSPS) is 11.4. The van der Waals surface area contributed by atoms with Gasteiger partial charge >= 0.3 is 0 Å². The Morgan fingerprint density at radius 3 is 2.29 bits per heavy atom.